The van der Waals surface area contributed by atoms with Crippen LogP contribution in [-0.4, -0.2) is 138 Å². The summed E-state index contributed by atoms with van der Waals surface area (Å²) in [6, 6.07) is -0.167. The number of rotatable bonds is 12. The Morgan fingerprint density at radius 2 is 1.60 bits per heavy atom. The summed E-state index contributed by atoms with van der Waals surface area (Å²) in [5.74, 6) is -6.54. The van der Waals surface area contributed by atoms with Crippen LogP contribution in [0.5, 0.6) is 6.01 Å². The van der Waals surface area contributed by atoms with Gasteiger partial charge in [-0.2, -0.15) is 0 Å². The van der Waals surface area contributed by atoms with Gasteiger partial charge in [0.15, 0.2) is 17.5 Å². The van der Waals surface area contributed by atoms with E-state index in [1.54, 1.807) is 6.20 Å². The van der Waals surface area contributed by atoms with Crippen molar-refractivity contribution in [2.45, 2.75) is 54.7 Å². The van der Waals surface area contributed by atoms with Gasteiger partial charge >= 0.3 is 23.9 Å². The van der Waals surface area contributed by atoms with Crippen LogP contribution >= 0.6 is 10.9 Å². The van der Waals surface area contributed by atoms with Gasteiger partial charge in [-0.3, -0.25) is 9.59 Å². The van der Waals surface area contributed by atoms with Gasteiger partial charge in [-0.05, 0) is 12.1 Å². The van der Waals surface area contributed by atoms with Gasteiger partial charge in [-0.1, -0.05) is 10.4 Å². The van der Waals surface area contributed by atoms with Gasteiger partial charge in [0.05, 0.1) is 57.3 Å². The fourth-order valence-corrected chi connectivity index (χ4v) is 10.1. The number of carbonyl (C=O) groups is 3. The number of nitrogens with zero attached hydrogens (tertiary/aromatic N) is 8. The molecule has 4 aromatic rings. The first-order chi connectivity index (χ1) is 26.4. The number of aliphatic hydroxyl groups excluding tert-OH is 1. The van der Waals surface area contributed by atoms with Crippen molar-refractivity contribution in [3.05, 3.63) is 54.4 Å². The number of thiol groups is 1. The molecule has 2 aliphatic rings. The van der Waals surface area contributed by atoms with Crippen molar-refractivity contribution in [2.24, 2.45) is 0 Å². The zero-order chi connectivity index (χ0) is 39.4. The van der Waals surface area contributed by atoms with E-state index in [0.29, 0.717) is 11.3 Å². The summed E-state index contributed by atoms with van der Waals surface area (Å²) in [5.41, 5.74) is 0.751. The van der Waals surface area contributed by atoms with Crippen LogP contribution < -0.4 is 4.74 Å². The summed E-state index contributed by atoms with van der Waals surface area (Å²) >= 11 is 0. The van der Waals surface area contributed by atoms with E-state index >= 15 is 0 Å². The molecule has 0 amide bonds. The lowest BCUT2D eigenvalue weighted by Crippen LogP contribution is -2.57. The quantitative estimate of drug-likeness (QED) is 0.0898. The normalized spacial score (nSPS) is 25.9. The van der Waals surface area contributed by atoms with Crippen molar-refractivity contribution < 1.29 is 61.1 Å². The molecule has 2 fully saturated rings. The Labute approximate surface area is 313 Å². The first kappa shape index (κ1) is 39.5. The van der Waals surface area contributed by atoms with Crippen molar-refractivity contribution in [1.29, 1.82) is 0 Å². The van der Waals surface area contributed by atoms with Gasteiger partial charge in [0.2, 0.25) is 0 Å². The molecule has 2 saturated heterocycles. The van der Waals surface area contributed by atoms with E-state index in [2.05, 4.69) is 30.6 Å². The number of aliphatic hydroxyl groups is 1. The van der Waals surface area contributed by atoms with E-state index in [0.717, 1.165) is 12.1 Å². The fraction of sp³-hybridized carbons (Fsp3) is 0.485. The maximum atomic E-state index is 14.2. The number of hydrogen-bond donors (Lipinski definition) is 2. The third-order valence-electron chi connectivity index (χ3n) is 9.16. The third kappa shape index (κ3) is 8.71. The van der Waals surface area contributed by atoms with Gasteiger partial charge < -0.3 is 33.5 Å². The highest BCUT2D eigenvalue weighted by Gasteiger charge is 2.52. The van der Waals surface area contributed by atoms with E-state index < -0.39 is 93.8 Å². The molecule has 0 bridgehead atoms. The molecule has 1 unspecified atom stereocenters. The molecule has 55 heavy (non-hydrogen) atoms. The number of halogens is 3. The topological polar surface area (TPSA) is 214 Å². The number of ether oxygens (including phenoxy) is 6. The Balaban J connectivity index is 1.37. The van der Waals surface area contributed by atoms with Crippen molar-refractivity contribution in [3.8, 4) is 28.5 Å². The van der Waals surface area contributed by atoms with Crippen LogP contribution in [-0.2, 0) is 38.1 Å². The lowest BCUT2D eigenvalue weighted by Gasteiger charge is -2.52. The molecule has 2 aliphatic heterocycles. The largest absolute Gasteiger partial charge is 0.467 e. The maximum absolute atomic E-state index is 14.2. The smallest absolute Gasteiger partial charge is 0.331 e. The average molecular weight is 795 g/mol. The molecular formula is C33H37F3N8O10S. The van der Waals surface area contributed by atoms with Crippen molar-refractivity contribution in [3.63, 3.8) is 0 Å². The van der Waals surface area contributed by atoms with E-state index in [-0.39, 0.29) is 42.8 Å². The molecule has 5 heterocycles. The Hall–Kier alpha value is -5.19. The van der Waals surface area contributed by atoms with Gasteiger partial charge in [0, 0.05) is 48.4 Å². The second kappa shape index (κ2) is 17.1. The molecule has 3 aromatic heterocycles. The Morgan fingerprint density at radius 3 is 2.24 bits per heavy atom. The van der Waals surface area contributed by atoms with Crippen molar-refractivity contribution in [2.75, 3.05) is 46.4 Å². The molecule has 6 rings (SSSR count). The van der Waals surface area contributed by atoms with Gasteiger partial charge in [0.25, 0.3) is 0 Å². The molecule has 0 saturated carbocycles. The summed E-state index contributed by atoms with van der Waals surface area (Å²) in [6.45, 7) is 1.67. The summed E-state index contributed by atoms with van der Waals surface area (Å²) in [4.78, 5) is 45.5. The van der Waals surface area contributed by atoms with E-state index in [1.165, 1.54) is 56.0 Å². The summed E-state index contributed by atoms with van der Waals surface area (Å²) < 4.78 is 78.2. The molecule has 8 atom stereocenters. The number of benzene rings is 1. The predicted molar refractivity (Wildman–Crippen MR) is 183 cm³/mol. The fourth-order valence-electron chi connectivity index (χ4n) is 6.57. The van der Waals surface area contributed by atoms with Crippen LogP contribution in [0.1, 0.15) is 25.9 Å². The summed E-state index contributed by atoms with van der Waals surface area (Å²) in [7, 11) is 1.01. The summed E-state index contributed by atoms with van der Waals surface area (Å²) in [5, 5.41) is 27.2. The lowest BCUT2D eigenvalue weighted by atomic mass is 10.0. The monoisotopic (exact) mass is 794 g/mol. The average Bonchev–Trinajstić information content (AvgIpc) is 3.86. The highest BCUT2D eigenvalue weighted by atomic mass is 32.2. The van der Waals surface area contributed by atoms with Crippen LogP contribution in [0.25, 0.3) is 22.5 Å². The minimum Gasteiger partial charge on any atom is -0.467 e. The molecule has 296 valence electrons. The van der Waals surface area contributed by atoms with E-state index in [4.69, 9.17) is 28.4 Å². The molecule has 1 N–H and O–H groups in total. The Kier molecular flexibility index (Phi) is 12.3. The van der Waals surface area contributed by atoms with Crippen molar-refractivity contribution in [1.82, 2.24) is 40.0 Å². The van der Waals surface area contributed by atoms with Gasteiger partial charge in [-0.25, -0.2) is 48.2 Å². The number of hydrogen-bond acceptors (Lipinski definition) is 16. The third-order valence-corrected chi connectivity index (χ3v) is 12.5. The Bertz CT molecular complexity index is 1980. The van der Waals surface area contributed by atoms with E-state index in [1.807, 2.05) is 0 Å². The number of carbonyl (C=O) groups excluding carboxylic acids is 3. The molecule has 0 aliphatic carbocycles. The first-order valence-electron chi connectivity index (χ1n) is 16.7. The minimum absolute atomic E-state index is 0.0458. The van der Waals surface area contributed by atoms with Crippen LogP contribution in [0.15, 0.2) is 36.9 Å². The number of esters is 3. The SMILES string of the molecule is COC(=O)CO[C@H]1C[SH]([C@@H]2COC[C@H](n3cc(-c4cnc(OC)nc4)nn3)[C@H]2O)[C@H](COC(C)=O)[C@H](OC(C)=O)[C@H]1n1cc(-c2cc(F)c(F)c(F)c2)nn1. The van der Waals surface area contributed by atoms with Crippen LogP contribution in [0.4, 0.5) is 13.2 Å². The second-order valence-corrected chi connectivity index (χ2v) is 15.3. The summed E-state index contributed by atoms with van der Waals surface area (Å²) in [6.07, 6.45) is 2.60. The lowest BCUT2D eigenvalue weighted by molar-refractivity contribution is -0.159. The highest BCUT2D eigenvalue weighted by Crippen LogP contribution is 2.52. The van der Waals surface area contributed by atoms with Gasteiger partial charge in [-0.15, -0.1) is 10.2 Å². The van der Waals surface area contributed by atoms with Crippen molar-refractivity contribution >= 4 is 28.8 Å². The maximum Gasteiger partial charge on any atom is 0.331 e. The molecule has 0 spiro atoms. The van der Waals surface area contributed by atoms with E-state index in [9.17, 15) is 32.7 Å². The molecule has 22 heteroatoms. The second-order valence-electron chi connectivity index (χ2n) is 12.6. The minimum atomic E-state index is -1.66. The zero-order valence-corrected chi connectivity index (χ0v) is 30.7. The standard InChI is InChI=1S/C33H37F3N8O10S/c1-16(45)52-13-27-32(54-17(2)46)30(44-10-22(39-42-44)18-5-20(34)29(36)21(35)6-18)25(53-14-28(47)49-3)15-55(27)26-12-51-11-24(31(26)48)43-9-23(40-41-43)19-7-37-33(50-4)38-8-19/h5-10,24-27,30-32,48,55H,11-15H2,1-4H3/t24-,25-,26+,27+,30-,31+,32-/m0/s1. The van der Waals surface area contributed by atoms with Crippen LogP contribution in [0, 0.1) is 17.5 Å². The molecular weight excluding hydrogens is 757 g/mol. The number of aromatic nitrogens is 8. The number of methoxy groups -OCH3 is 2. The predicted octanol–water partition coefficient (Wildman–Crippen LogP) is 1.40. The Morgan fingerprint density at radius 1 is 0.945 bits per heavy atom. The molecule has 18 nitrogen and oxygen atoms in total. The van der Waals surface area contributed by atoms with Gasteiger partial charge in [0.1, 0.15) is 42.8 Å². The highest BCUT2D eigenvalue weighted by molar-refractivity contribution is 8.18. The molecule has 1 aromatic carbocycles. The zero-order valence-electron chi connectivity index (χ0n) is 29.8. The van der Waals surface area contributed by atoms with Crippen LogP contribution in [0.3, 0.4) is 0 Å². The van der Waals surface area contributed by atoms with Crippen LogP contribution in [0.2, 0.25) is 0 Å². The molecule has 0 radical (unpaired) electrons. The first-order valence-corrected chi connectivity index (χ1v) is 18.4.